The Kier molecular flexibility index (Phi) is 5.03. The smallest absolute Gasteiger partial charge is 0.128 e. The lowest BCUT2D eigenvalue weighted by Gasteiger charge is -2.39. The van der Waals surface area contributed by atoms with E-state index in [1.54, 1.807) is 0 Å². The number of hydrogen-bond donors (Lipinski definition) is 1. The number of benzene rings is 2. The number of aliphatic imine (C=N–C) groups is 1. The first-order valence-electron chi connectivity index (χ1n) is 10.9. The highest BCUT2D eigenvalue weighted by molar-refractivity contribution is 5.93. The van der Waals surface area contributed by atoms with E-state index in [4.69, 9.17) is 4.98 Å². The molecular formula is C25H29N5. The normalized spacial score (nSPS) is 20.8. The van der Waals surface area contributed by atoms with Crippen LogP contribution >= 0.6 is 0 Å². The van der Waals surface area contributed by atoms with Gasteiger partial charge in [-0.25, -0.2) is 4.98 Å². The Morgan fingerprint density at radius 2 is 1.73 bits per heavy atom. The molecule has 1 aliphatic carbocycles. The number of rotatable bonds is 4. The molecule has 5 nitrogen and oxygen atoms in total. The molecule has 1 aromatic heterocycles. The lowest BCUT2D eigenvalue weighted by Crippen LogP contribution is -2.42. The molecule has 2 aliphatic rings. The molecule has 5 heteroatoms. The van der Waals surface area contributed by atoms with Crippen molar-refractivity contribution >= 4 is 40.0 Å². The Morgan fingerprint density at radius 1 is 0.967 bits per heavy atom. The minimum atomic E-state index is 0.471. The van der Waals surface area contributed by atoms with Gasteiger partial charge in [0.1, 0.15) is 5.82 Å². The van der Waals surface area contributed by atoms with E-state index in [9.17, 15) is 0 Å². The van der Waals surface area contributed by atoms with E-state index in [1.807, 2.05) is 0 Å². The molecule has 0 atom stereocenters. The van der Waals surface area contributed by atoms with Crippen LogP contribution in [0, 0.1) is 0 Å². The minimum absolute atomic E-state index is 0.471. The number of pyridine rings is 1. The minimum Gasteiger partial charge on any atom is -0.377 e. The third kappa shape index (κ3) is 3.60. The molecule has 0 spiro atoms. The van der Waals surface area contributed by atoms with E-state index in [0.29, 0.717) is 12.1 Å². The number of para-hydroxylation sites is 3. The van der Waals surface area contributed by atoms with E-state index >= 15 is 0 Å². The van der Waals surface area contributed by atoms with Gasteiger partial charge in [-0.3, -0.25) is 4.99 Å². The number of aromatic nitrogens is 1. The maximum absolute atomic E-state index is 4.89. The summed E-state index contributed by atoms with van der Waals surface area (Å²) in [5.74, 6) is 0.983. The first-order valence-corrected chi connectivity index (χ1v) is 10.9. The summed E-state index contributed by atoms with van der Waals surface area (Å²) in [6.07, 6.45) is 6.74. The van der Waals surface area contributed by atoms with Gasteiger partial charge in [0.2, 0.25) is 0 Å². The molecule has 0 radical (unpaired) electrons. The zero-order chi connectivity index (χ0) is 20.5. The van der Waals surface area contributed by atoms with Gasteiger partial charge in [-0.15, -0.1) is 0 Å². The molecule has 3 aromatic rings. The van der Waals surface area contributed by atoms with E-state index in [0.717, 1.165) is 36.4 Å². The third-order valence-electron chi connectivity index (χ3n) is 6.37. The monoisotopic (exact) mass is 399 g/mol. The maximum atomic E-state index is 4.89. The number of hydrogen-bond acceptors (Lipinski definition) is 5. The summed E-state index contributed by atoms with van der Waals surface area (Å²) in [6.45, 7) is 0.915. The first-order chi connectivity index (χ1) is 14.7. The molecule has 0 saturated heterocycles. The molecule has 1 saturated carbocycles. The second-order valence-electron chi connectivity index (χ2n) is 8.54. The fourth-order valence-electron chi connectivity index (χ4n) is 4.83. The average molecular weight is 400 g/mol. The van der Waals surface area contributed by atoms with Crippen LogP contribution in [-0.2, 0) is 0 Å². The van der Waals surface area contributed by atoms with Crippen LogP contribution in [-0.4, -0.2) is 43.9 Å². The van der Waals surface area contributed by atoms with Crippen LogP contribution in [0.4, 0.5) is 22.9 Å². The molecule has 2 aromatic carbocycles. The third-order valence-corrected chi connectivity index (χ3v) is 6.37. The molecule has 30 heavy (non-hydrogen) atoms. The fraction of sp³-hybridized carbons (Fsp3) is 0.360. The highest BCUT2D eigenvalue weighted by atomic mass is 15.2. The quantitative estimate of drug-likeness (QED) is 0.651. The topological polar surface area (TPSA) is 43.8 Å². The van der Waals surface area contributed by atoms with Gasteiger partial charge in [0.25, 0.3) is 0 Å². The Morgan fingerprint density at radius 3 is 2.57 bits per heavy atom. The van der Waals surface area contributed by atoms with E-state index < -0.39 is 0 Å². The van der Waals surface area contributed by atoms with E-state index in [1.165, 1.54) is 29.6 Å². The van der Waals surface area contributed by atoms with Crippen LogP contribution in [0.15, 0.2) is 59.6 Å². The number of anilines is 3. The average Bonchev–Trinajstić information content (AvgIpc) is 2.78. The lowest BCUT2D eigenvalue weighted by molar-refractivity contribution is 0.396. The molecule has 0 amide bonds. The van der Waals surface area contributed by atoms with Crippen molar-refractivity contribution in [3.63, 3.8) is 0 Å². The van der Waals surface area contributed by atoms with Gasteiger partial charge in [-0.05, 0) is 43.9 Å². The zero-order valence-corrected chi connectivity index (χ0v) is 17.8. The van der Waals surface area contributed by atoms with Crippen molar-refractivity contribution in [1.82, 2.24) is 4.98 Å². The van der Waals surface area contributed by atoms with Crippen molar-refractivity contribution in [2.75, 3.05) is 35.8 Å². The van der Waals surface area contributed by atoms with Crippen LogP contribution in [0.2, 0.25) is 0 Å². The number of fused-ring (bicyclic) bond motifs is 2. The highest BCUT2D eigenvalue weighted by Crippen LogP contribution is 2.36. The van der Waals surface area contributed by atoms with Crippen molar-refractivity contribution in [3.05, 3.63) is 54.6 Å². The summed E-state index contributed by atoms with van der Waals surface area (Å²) in [6, 6.07) is 20.1. The molecule has 1 fully saturated rings. The Labute approximate surface area is 178 Å². The van der Waals surface area contributed by atoms with Gasteiger partial charge in [-0.2, -0.15) is 0 Å². The molecule has 5 rings (SSSR count). The molecule has 0 unspecified atom stereocenters. The summed E-state index contributed by atoms with van der Waals surface area (Å²) in [5, 5.41) is 4.92. The number of nitrogens with zero attached hydrogens (tertiary/aromatic N) is 4. The number of nitrogens with one attached hydrogen (secondary N) is 1. The highest BCUT2D eigenvalue weighted by Gasteiger charge is 2.28. The van der Waals surface area contributed by atoms with Gasteiger partial charge in [0.15, 0.2) is 0 Å². The van der Waals surface area contributed by atoms with E-state index in [-0.39, 0.29) is 0 Å². The van der Waals surface area contributed by atoms with Crippen molar-refractivity contribution < 1.29 is 0 Å². The second kappa shape index (κ2) is 7.98. The summed E-state index contributed by atoms with van der Waals surface area (Å²) in [7, 11) is 4.19. The molecule has 2 heterocycles. The lowest BCUT2D eigenvalue weighted by atomic mass is 9.89. The van der Waals surface area contributed by atoms with Crippen LogP contribution in [0.5, 0.6) is 0 Å². The Hall–Kier alpha value is -3.08. The molecule has 0 bridgehead atoms. The second-order valence-corrected chi connectivity index (χ2v) is 8.54. The predicted octanol–water partition coefficient (Wildman–Crippen LogP) is 5.25. The molecular weight excluding hydrogens is 370 g/mol. The van der Waals surface area contributed by atoms with Crippen LogP contribution < -0.4 is 15.1 Å². The van der Waals surface area contributed by atoms with Crippen LogP contribution in [0.3, 0.4) is 0 Å². The van der Waals surface area contributed by atoms with Crippen molar-refractivity contribution in [1.29, 1.82) is 0 Å². The molecule has 154 valence electrons. The van der Waals surface area contributed by atoms with Crippen molar-refractivity contribution in [2.45, 2.75) is 37.8 Å². The predicted molar refractivity (Wildman–Crippen MR) is 128 cm³/mol. The van der Waals surface area contributed by atoms with Crippen LogP contribution in [0.25, 0.3) is 10.9 Å². The van der Waals surface area contributed by atoms with Crippen molar-refractivity contribution in [3.8, 4) is 0 Å². The van der Waals surface area contributed by atoms with E-state index in [2.05, 4.69) is 95.0 Å². The van der Waals surface area contributed by atoms with Gasteiger partial charge in [0, 0.05) is 49.5 Å². The largest absolute Gasteiger partial charge is 0.377 e. The summed E-state index contributed by atoms with van der Waals surface area (Å²) < 4.78 is 0. The van der Waals surface area contributed by atoms with Gasteiger partial charge in [-0.1, -0.05) is 30.3 Å². The van der Waals surface area contributed by atoms with Crippen molar-refractivity contribution in [2.24, 2.45) is 4.99 Å². The standard InChI is InChI=1S/C25H29N5/c1-29(2)24-17-25(28-21-8-4-3-7-20(21)24)27-18-11-13-19(14-12-18)30-16-15-26-22-9-5-6-10-23(22)30/h3-10,15,17-19H,11-14,16H2,1-2H3,(H,27,28). The van der Waals surface area contributed by atoms with Crippen LogP contribution in [0.1, 0.15) is 25.7 Å². The summed E-state index contributed by atoms with van der Waals surface area (Å²) in [5.41, 5.74) is 4.63. The first kappa shape index (κ1) is 18.9. The molecule has 1 aliphatic heterocycles. The van der Waals surface area contributed by atoms with Gasteiger partial charge in [0.05, 0.1) is 23.4 Å². The zero-order valence-electron chi connectivity index (χ0n) is 17.8. The Bertz CT molecular complexity index is 1070. The SMILES string of the molecule is CN(C)c1cc(NC2CCC(N3CC=Nc4ccccc43)CC2)nc2ccccc12. The summed E-state index contributed by atoms with van der Waals surface area (Å²) in [4.78, 5) is 14.2. The maximum Gasteiger partial charge on any atom is 0.128 e. The van der Waals surface area contributed by atoms with Gasteiger partial charge < -0.3 is 15.1 Å². The molecule has 1 N–H and O–H groups in total. The van der Waals surface area contributed by atoms with Gasteiger partial charge >= 0.3 is 0 Å². The fourth-order valence-corrected chi connectivity index (χ4v) is 4.83. The Balaban J connectivity index is 1.29. The summed E-state index contributed by atoms with van der Waals surface area (Å²) >= 11 is 0.